The monoisotopic (exact) mass is 253 g/mol. The topological polar surface area (TPSA) is 64.7 Å². The van der Waals surface area contributed by atoms with Gasteiger partial charge in [0.05, 0.1) is 0 Å². The second-order valence-corrected chi connectivity index (χ2v) is 4.03. The predicted octanol–water partition coefficient (Wildman–Crippen LogP) is 2.14. The van der Waals surface area contributed by atoms with E-state index in [9.17, 15) is 0 Å². The summed E-state index contributed by atoms with van der Waals surface area (Å²) in [6.45, 7) is 5.20. The number of aliphatic hydroxyl groups is 1. The molecule has 1 rings (SSSR count). The van der Waals surface area contributed by atoms with E-state index in [1.807, 2.05) is 38.1 Å². The summed E-state index contributed by atoms with van der Waals surface area (Å²) in [6.07, 6.45) is 0.253. The molecule has 0 amide bonds. The Morgan fingerprint density at radius 2 is 1.56 bits per heavy atom. The quantitative estimate of drug-likeness (QED) is 0.697. The van der Waals surface area contributed by atoms with Gasteiger partial charge in [-0.05, 0) is 25.8 Å². The van der Waals surface area contributed by atoms with Crippen LogP contribution in [0.5, 0.6) is 0 Å². The van der Waals surface area contributed by atoms with Crippen LogP contribution < -0.4 is 5.73 Å². The highest BCUT2D eigenvalue weighted by molar-refractivity contribution is 5.25. The van der Waals surface area contributed by atoms with Crippen LogP contribution in [0.4, 0.5) is 0 Å². The summed E-state index contributed by atoms with van der Waals surface area (Å²) in [5, 5.41) is 8.86. The summed E-state index contributed by atoms with van der Waals surface area (Å²) < 4.78 is 11.0. The molecule has 0 aliphatic rings. The minimum Gasteiger partial charge on any atom is -0.396 e. The van der Waals surface area contributed by atoms with Crippen molar-refractivity contribution in [2.24, 2.45) is 5.73 Å². The summed E-state index contributed by atoms with van der Waals surface area (Å²) in [4.78, 5) is 0. The number of hydrogen-bond donors (Lipinski definition) is 2. The molecule has 1 unspecified atom stereocenters. The van der Waals surface area contributed by atoms with E-state index in [1.54, 1.807) is 0 Å². The van der Waals surface area contributed by atoms with Gasteiger partial charge in [0.2, 0.25) is 0 Å². The summed E-state index contributed by atoms with van der Waals surface area (Å²) in [6, 6.07) is 7.72. The van der Waals surface area contributed by atoms with E-state index < -0.39 is 0 Å². The molecular weight excluding hydrogens is 230 g/mol. The summed E-state index contributed by atoms with van der Waals surface area (Å²) >= 11 is 0. The van der Waals surface area contributed by atoms with Gasteiger partial charge in [-0.25, -0.2) is 0 Å². The van der Waals surface area contributed by atoms with Crippen LogP contribution in [0.1, 0.15) is 43.7 Å². The highest BCUT2D eigenvalue weighted by Gasteiger charge is 2.12. The van der Waals surface area contributed by atoms with Crippen molar-refractivity contribution in [1.82, 2.24) is 0 Å². The van der Waals surface area contributed by atoms with Gasteiger partial charge < -0.3 is 20.3 Å². The Morgan fingerprint density at radius 3 is 2.00 bits per heavy atom. The normalized spacial score (nSPS) is 12.9. The lowest BCUT2D eigenvalue weighted by Gasteiger charge is -2.18. The lowest BCUT2D eigenvalue weighted by molar-refractivity contribution is -0.140. The molecule has 0 bridgehead atoms. The van der Waals surface area contributed by atoms with Crippen LogP contribution in [0.25, 0.3) is 0 Å². The van der Waals surface area contributed by atoms with Crippen LogP contribution in [0.2, 0.25) is 0 Å². The number of benzene rings is 1. The second kappa shape index (κ2) is 8.21. The first-order valence-electron chi connectivity index (χ1n) is 6.42. The van der Waals surface area contributed by atoms with E-state index >= 15 is 0 Å². The van der Waals surface area contributed by atoms with Crippen LogP contribution in [0.15, 0.2) is 24.3 Å². The van der Waals surface area contributed by atoms with Gasteiger partial charge in [-0.2, -0.15) is 0 Å². The minimum absolute atomic E-state index is 0.101. The number of hydrogen-bond acceptors (Lipinski definition) is 4. The van der Waals surface area contributed by atoms with Crippen molar-refractivity contribution >= 4 is 0 Å². The van der Waals surface area contributed by atoms with Gasteiger partial charge >= 0.3 is 0 Å². The summed E-state index contributed by atoms with van der Waals surface area (Å²) in [5.41, 5.74) is 7.92. The van der Waals surface area contributed by atoms with Gasteiger partial charge in [0.1, 0.15) is 0 Å². The Bertz CT molecular complexity index is 320. The number of aliphatic hydroxyl groups excluding tert-OH is 1. The van der Waals surface area contributed by atoms with E-state index in [0.29, 0.717) is 19.6 Å². The third-order valence-corrected chi connectivity index (χ3v) is 2.71. The Morgan fingerprint density at radius 1 is 1.06 bits per heavy atom. The van der Waals surface area contributed by atoms with Crippen LogP contribution in [0, 0.1) is 0 Å². The Hall–Kier alpha value is -0.940. The minimum atomic E-state index is -0.317. The molecule has 0 heterocycles. The average Bonchev–Trinajstić information content (AvgIpc) is 2.39. The highest BCUT2D eigenvalue weighted by Crippen LogP contribution is 2.21. The fourth-order valence-corrected chi connectivity index (χ4v) is 1.75. The van der Waals surface area contributed by atoms with Gasteiger partial charge in [0, 0.05) is 31.4 Å². The van der Waals surface area contributed by atoms with Crippen molar-refractivity contribution in [2.75, 3.05) is 19.8 Å². The van der Waals surface area contributed by atoms with Gasteiger partial charge in [-0.15, -0.1) is 0 Å². The zero-order valence-electron chi connectivity index (χ0n) is 11.1. The maximum Gasteiger partial charge on any atom is 0.183 e. The van der Waals surface area contributed by atoms with Crippen LogP contribution in [-0.2, 0) is 9.47 Å². The fraction of sp³-hybridized carbons (Fsp3) is 0.571. The molecule has 4 heteroatoms. The van der Waals surface area contributed by atoms with Gasteiger partial charge in [-0.3, -0.25) is 0 Å². The van der Waals surface area contributed by atoms with Crippen molar-refractivity contribution < 1.29 is 14.6 Å². The van der Waals surface area contributed by atoms with Gasteiger partial charge in [-0.1, -0.05) is 24.3 Å². The number of nitrogens with two attached hydrogens (primary N) is 1. The smallest absolute Gasteiger partial charge is 0.183 e. The van der Waals surface area contributed by atoms with Crippen LogP contribution >= 0.6 is 0 Å². The van der Waals surface area contributed by atoms with E-state index in [-0.39, 0.29) is 18.9 Å². The number of rotatable bonds is 8. The lowest BCUT2D eigenvalue weighted by atomic mass is 10.0. The largest absolute Gasteiger partial charge is 0.396 e. The molecule has 0 saturated heterocycles. The first kappa shape index (κ1) is 15.1. The molecule has 0 aromatic heterocycles. The molecule has 0 radical (unpaired) electrons. The predicted molar refractivity (Wildman–Crippen MR) is 71.1 cm³/mol. The van der Waals surface area contributed by atoms with Gasteiger partial charge in [0.25, 0.3) is 0 Å². The maximum atomic E-state index is 8.86. The molecule has 18 heavy (non-hydrogen) atoms. The summed E-state index contributed by atoms with van der Waals surface area (Å²) in [7, 11) is 0. The molecule has 1 atom stereocenters. The Labute approximate surface area is 109 Å². The van der Waals surface area contributed by atoms with Gasteiger partial charge in [0.15, 0.2) is 6.29 Å². The van der Waals surface area contributed by atoms with Crippen molar-refractivity contribution in [2.45, 2.75) is 32.6 Å². The molecule has 102 valence electrons. The zero-order valence-corrected chi connectivity index (χ0v) is 11.1. The van der Waals surface area contributed by atoms with E-state index in [1.165, 1.54) is 0 Å². The van der Waals surface area contributed by atoms with E-state index in [0.717, 1.165) is 11.1 Å². The zero-order chi connectivity index (χ0) is 13.4. The van der Waals surface area contributed by atoms with Crippen LogP contribution in [0.3, 0.4) is 0 Å². The van der Waals surface area contributed by atoms with Crippen molar-refractivity contribution in [1.29, 1.82) is 0 Å². The Balaban J connectivity index is 2.73. The summed E-state index contributed by atoms with van der Waals surface area (Å²) in [5.74, 6) is 0. The SMILES string of the molecule is CCOC(OCC)c1ccc(C(N)CCO)cc1. The third kappa shape index (κ3) is 4.38. The first-order chi connectivity index (χ1) is 8.72. The average molecular weight is 253 g/mol. The van der Waals surface area contributed by atoms with E-state index in [4.69, 9.17) is 20.3 Å². The molecule has 0 aliphatic carbocycles. The lowest BCUT2D eigenvalue weighted by Crippen LogP contribution is -2.13. The van der Waals surface area contributed by atoms with Crippen molar-refractivity contribution in [3.8, 4) is 0 Å². The standard InChI is InChI=1S/C14H23NO3/c1-3-17-14(18-4-2)12-7-5-11(6-8-12)13(15)9-10-16/h5-8,13-14,16H,3-4,9-10,15H2,1-2H3. The molecule has 1 aromatic rings. The molecule has 0 fully saturated rings. The molecule has 3 N–H and O–H groups in total. The fourth-order valence-electron chi connectivity index (χ4n) is 1.75. The molecule has 1 aromatic carbocycles. The van der Waals surface area contributed by atoms with E-state index in [2.05, 4.69) is 0 Å². The molecule has 0 saturated carbocycles. The molecular formula is C14H23NO3. The van der Waals surface area contributed by atoms with Crippen molar-refractivity contribution in [3.63, 3.8) is 0 Å². The third-order valence-electron chi connectivity index (χ3n) is 2.71. The van der Waals surface area contributed by atoms with Crippen LogP contribution in [-0.4, -0.2) is 24.9 Å². The first-order valence-corrected chi connectivity index (χ1v) is 6.42. The molecule has 0 aliphatic heterocycles. The number of ether oxygens (including phenoxy) is 2. The highest BCUT2D eigenvalue weighted by atomic mass is 16.7. The second-order valence-electron chi connectivity index (χ2n) is 4.03. The molecule has 0 spiro atoms. The Kier molecular flexibility index (Phi) is 6.90. The maximum absolute atomic E-state index is 8.86. The molecule has 4 nitrogen and oxygen atoms in total. The van der Waals surface area contributed by atoms with Crippen molar-refractivity contribution in [3.05, 3.63) is 35.4 Å².